The molecule has 1 N–H and O–H groups in total. The predicted octanol–water partition coefficient (Wildman–Crippen LogP) is 5.72. The fourth-order valence-corrected chi connectivity index (χ4v) is 4.79. The summed E-state index contributed by atoms with van der Waals surface area (Å²) in [6, 6.07) is 19.0. The molecule has 0 atom stereocenters. The maximum Gasteiger partial charge on any atom is 0.294 e. The summed E-state index contributed by atoms with van der Waals surface area (Å²) < 4.78 is 5.77. The first-order chi connectivity index (χ1) is 15.4. The van der Waals surface area contributed by atoms with Crippen LogP contribution in [0.25, 0.3) is 6.08 Å². The van der Waals surface area contributed by atoms with Crippen LogP contribution in [-0.2, 0) is 9.59 Å². The molecule has 1 aliphatic rings. The van der Waals surface area contributed by atoms with Gasteiger partial charge in [0.25, 0.3) is 11.1 Å². The van der Waals surface area contributed by atoms with Gasteiger partial charge in [-0.1, -0.05) is 48.2 Å². The molecule has 8 heteroatoms. The molecule has 0 spiro atoms. The van der Waals surface area contributed by atoms with Gasteiger partial charge in [0.15, 0.2) is 5.09 Å². The highest BCUT2D eigenvalue weighted by Gasteiger charge is 2.36. The fraction of sp³-hybridized carbons (Fsp3) is 0.125. The lowest BCUT2D eigenvalue weighted by Crippen LogP contribution is -2.36. The topological polar surface area (TPSA) is 79.6 Å². The molecule has 1 aliphatic heterocycles. The Balaban J connectivity index is 1.42. The van der Waals surface area contributed by atoms with Crippen LogP contribution in [0.5, 0.6) is 0 Å². The number of aryl methyl sites for hydroxylation is 2. The van der Waals surface area contributed by atoms with Crippen molar-refractivity contribution in [2.75, 3.05) is 11.9 Å². The molecule has 0 bridgehead atoms. The maximum absolute atomic E-state index is 12.7. The number of nitrogens with one attached hydrogen (secondary N) is 1. The summed E-state index contributed by atoms with van der Waals surface area (Å²) in [6.45, 7) is 3.43. The summed E-state index contributed by atoms with van der Waals surface area (Å²) >= 11 is 2.26. The van der Waals surface area contributed by atoms with Crippen molar-refractivity contribution >= 4 is 52.3 Å². The molecule has 4 rings (SSSR count). The molecule has 1 saturated heterocycles. The summed E-state index contributed by atoms with van der Waals surface area (Å²) in [4.78, 5) is 39.8. The van der Waals surface area contributed by atoms with Crippen LogP contribution in [0.15, 0.2) is 80.0 Å². The molecule has 162 valence electrons. The smallest absolute Gasteiger partial charge is 0.294 e. The molecule has 0 unspecified atom stereocenters. The summed E-state index contributed by atoms with van der Waals surface area (Å²) in [5.41, 5.74) is 2.52. The maximum atomic E-state index is 12.7. The Morgan fingerprint density at radius 2 is 1.75 bits per heavy atom. The first-order valence-electron chi connectivity index (χ1n) is 9.85. The molecule has 2 heterocycles. The van der Waals surface area contributed by atoms with Gasteiger partial charge in [-0.3, -0.25) is 19.3 Å². The van der Waals surface area contributed by atoms with Gasteiger partial charge in [-0.05, 0) is 61.0 Å². The van der Waals surface area contributed by atoms with E-state index in [0.29, 0.717) is 16.5 Å². The monoisotopic (exact) mass is 464 g/mol. The normalized spacial score (nSPS) is 14.9. The van der Waals surface area contributed by atoms with E-state index in [1.807, 2.05) is 68.4 Å². The van der Waals surface area contributed by atoms with Crippen molar-refractivity contribution in [1.29, 1.82) is 0 Å². The van der Waals surface area contributed by atoms with Crippen LogP contribution in [0.1, 0.15) is 16.9 Å². The zero-order valence-electron chi connectivity index (χ0n) is 17.5. The highest BCUT2D eigenvalue weighted by atomic mass is 32.2. The quantitative estimate of drug-likeness (QED) is 0.470. The Kier molecular flexibility index (Phi) is 6.53. The summed E-state index contributed by atoms with van der Waals surface area (Å²) in [5.74, 6) is -0.468. The van der Waals surface area contributed by atoms with Crippen LogP contribution in [-0.4, -0.2) is 28.5 Å². The summed E-state index contributed by atoms with van der Waals surface area (Å²) in [6.07, 6.45) is 1.53. The average Bonchev–Trinajstić information content (AvgIpc) is 3.31. The van der Waals surface area contributed by atoms with Crippen molar-refractivity contribution in [1.82, 2.24) is 4.90 Å². The number of nitrogens with zero attached hydrogens (tertiary/aromatic N) is 1. The first-order valence-corrected chi connectivity index (χ1v) is 11.5. The highest BCUT2D eigenvalue weighted by molar-refractivity contribution is 8.18. The fourth-order valence-electron chi connectivity index (χ4n) is 3.17. The second-order valence-electron chi connectivity index (χ2n) is 7.15. The number of anilines is 1. The van der Waals surface area contributed by atoms with Gasteiger partial charge < -0.3 is 9.73 Å². The van der Waals surface area contributed by atoms with Crippen LogP contribution in [0.2, 0.25) is 0 Å². The molecular formula is C24H20N2O4S2. The van der Waals surface area contributed by atoms with Crippen LogP contribution in [0, 0.1) is 13.8 Å². The van der Waals surface area contributed by atoms with Gasteiger partial charge in [-0.25, -0.2) is 0 Å². The second kappa shape index (κ2) is 9.50. The minimum atomic E-state index is -0.509. The van der Waals surface area contributed by atoms with Crippen LogP contribution >= 0.6 is 23.5 Å². The number of rotatable bonds is 6. The van der Waals surface area contributed by atoms with Gasteiger partial charge in [-0.15, -0.1) is 0 Å². The van der Waals surface area contributed by atoms with Crippen molar-refractivity contribution in [3.05, 3.63) is 82.5 Å². The number of para-hydroxylation sites is 1. The zero-order valence-corrected chi connectivity index (χ0v) is 19.1. The summed E-state index contributed by atoms with van der Waals surface area (Å²) in [5, 5.41) is 3.00. The molecule has 1 fully saturated rings. The zero-order chi connectivity index (χ0) is 22.7. The van der Waals surface area contributed by atoms with Crippen molar-refractivity contribution in [2.45, 2.75) is 23.8 Å². The Labute approximate surface area is 194 Å². The third kappa shape index (κ3) is 4.98. The number of furan rings is 1. The lowest BCUT2D eigenvalue weighted by Gasteiger charge is -2.15. The van der Waals surface area contributed by atoms with Gasteiger partial charge in [0.05, 0.1) is 4.91 Å². The van der Waals surface area contributed by atoms with Gasteiger partial charge >= 0.3 is 0 Å². The number of amides is 3. The number of hydrogen-bond donors (Lipinski definition) is 1. The molecule has 6 nitrogen and oxygen atoms in total. The van der Waals surface area contributed by atoms with E-state index < -0.39 is 17.1 Å². The molecule has 1 aromatic heterocycles. The number of benzene rings is 2. The van der Waals surface area contributed by atoms with Gasteiger partial charge in [-0.2, -0.15) is 0 Å². The highest BCUT2D eigenvalue weighted by Crippen LogP contribution is 2.34. The van der Waals surface area contributed by atoms with E-state index >= 15 is 0 Å². The van der Waals surface area contributed by atoms with Crippen LogP contribution in [0.3, 0.4) is 0 Å². The standard InChI is InChI=1S/C24H20N2O4S2/c1-15-7-6-8-16(2)22(15)25-20(27)14-26-23(28)19(32-24(26)29)13-17-11-12-21(30-17)31-18-9-4-3-5-10-18/h3-13H,14H2,1-2H3,(H,25,27)/b19-13-. The first kappa shape index (κ1) is 22.0. The third-order valence-corrected chi connectivity index (χ3v) is 6.59. The Hall–Kier alpha value is -3.23. The van der Waals surface area contributed by atoms with E-state index in [4.69, 9.17) is 4.42 Å². The van der Waals surface area contributed by atoms with Crippen molar-refractivity contribution in [3.63, 3.8) is 0 Å². The van der Waals surface area contributed by atoms with Crippen molar-refractivity contribution in [3.8, 4) is 0 Å². The molecule has 3 aromatic rings. The minimum Gasteiger partial charge on any atom is -0.450 e. The largest absolute Gasteiger partial charge is 0.450 e. The lowest BCUT2D eigenvalue weighted by atomic mass is 10.1. The van der Waals surface area contributed by atoms with Crippen molar-refractivity contribution < 1.29 is 18.8 Å². The number of imide groups is 1. The Bertz CT molecular complexity index is 1200. The third-order valence-electron chi connectivity index (χ3n) is 4.76. The van der Waals surface area contributed by atoms with E-state index in [0.717, 1.165) is 32.7 Å². The molecule has 32 heavy (non-hydrogen) atoms. The molecule has 2 aromatic carbocycles. The summed E-state index contributed by atoms with van der Waals surface area (Å²) in [7, 11) is 0. The molecule has 3 amide bonds. The van der Waals surface area contributed by atoms with E-state index in [-0.39, 0.29) is 11.4 Å². The van der Waals surface area contributed by atoms with Gasteiger partial charge in [0, 0.05) is 16.7 Å². The van der Waals surface area contributed by atoms with Gasteiger partial charge in [0.2, 0.25) is 5.91 Å². The van der Waals surface area contributed by atoms with E-state index in [1.165, 1.54) is 17.8 Å². The van der Waals surface area contributed by atoms with Crippen LogP contribution in [0.4, 0.5) is 10.5 Å². The molecule has 0 radical (unpaired) electrons. The second-order valence-corrected chi connectivity index (χ2v) is 9.23. The number of carbonyl (C=O) groups excluding carboxylic acids is 3. The molecule has 0 saturated carbocycles. The van der Waals surface area contributed by atoms with E-state index in [1.54, 1.807) is 6.07 Å². The minimum absolute atomic E-state index is 0.223. The Morgan fingerprint density at radius 1 is 1.03 bits per heavy atom. The SMILES string of the molecule is Cc1cccc(C)c1NC(=O)CN1C(=O)S/C(=C\c2ccc(Sc3ccccc3)o2)C1=O. The van der Waals surface area contributed by atoms with Crippen LogP contribution < -0.4 is 5.32 Å². The lowest BCUT2D eigenvalue weighted by molar-refractivity contribution is -0.127. The van der Waals surface area contributed by atoms with Gasteiger partial charge in [0.1, 0.15) is 12.3 Å². The number of carbonyl (C=O) groups is 3. The number of hydrogen-bond acceptors (Lipinski definition) is 6. The van der Waals surface area contributed by atoms with E-state index in [2.05, 4.69) is 5.32 Å². The number of thioether (sulfide) groups is 1. The van der Waals surface area contributed by atoms with Crippen molar-refractivity contribution in [2.24, 2.45) is 0 Å². The molecule has 0 aliphatic carbocycles. The Morgan fingerprint density at radius 3 is 2.47 bits per heavy atom. The predicted molar refractivity (Wildman–Crippen MR) is 126 cm³/mol. The average molecular weight is 465 g/mol. The van der Waals surface area contributed by atoms with E-state index in [9.17, 15) is 14.4 Å². The molecular weight excluding hydrogens is 444 g/mol.